The number of hydrogen-bond acceptors (Lipinski definition) is 1. The number of fused-ring (bicyclic) bond motifs is 1. The summed E-state index contributed by atoms with van der Waals surface area (Å²) in [6.45, 7) is 0. The van der Waals surface area contributed by atoms with Crippen LogP contribution in [0.1, 0.15) is 0 Å². The highest BCUT2D eigenvalue weighted by atomic mass is 35.5. The van der Waals surface area contributed by atoms with Gasteiger partial charge in [-0.25, -0.2) is 4.57 Å². The first-order valence-corrected chi connectivity index (χ1v) is 6.79. The quantitative estimate of drug-likeness (QED) is 0.649. The SMILES string of the molecule is COc1cccc2cc(-c3ccc(Cl)cc3)[n+](C)cc12. The number of pyridine rings is 1. The summed E-state index contributed by atoms with van der Waals surface area (Å²) in [6.07, 6.45) is 2.10. The molecule has 2 nitrogen and oxygen atoms in total. The zero-order chi connectivity index (χ0) is 14.1. The molecule has 0 bridgehead atoms. The van der Waals surface area contributed by atoms with E-state index < -0.39 is 0 Å². The molecule has 0 N–H and O–H groups in total. The summed E-state index contributed by atoms with van der Waals surface area (Å²) in [5.41, 5.74) is 2.28. The van der Waals surface area contributed by atoms with E-state index in [1.54, 1.807) is 7.11 Å². The van der Waals surface area contributed by atoms with Crippen molar-refractivity contribution in [3.8, 4) is 17.0 Å². The van der Waals surface area contributed by atoms with E-state index in [4.69, 9.17) is 16.3 Å². The first kappa shape index (κ1) is 12.9. The van der Waals surface area contributed by atoms with Crippen LogP contribution in [0, 0.1) is 0 Å². The zero-order valence-electron chi connectivity index (χ0n) is 11.4. The molecule has 0 fully saturated rings. The summed E-state index contributed by atoms with van der Waals surface area (Å²) in [6, 6.07) is 16.1. The molecule has 2 aromatic carbocycles. The van der Waals surface area contributed by atoms with Gasteiger partial charge in [-0.15, -0.1) is 0 Å². The van der Waals surface area contributed by atoms with Gasteiger partial charge >= 0.3 is 0 Å². The summed E-state index contributed by atoms with van der Waals surface area (Å²) >= 11 is 5.95. The van der Waals surface area contributed by atoms with Gasteiger partial charge in [0.25, 0.3) is 0 Å². The van der Waals surface area contributed by atoms with Crippen molar-refractivity contribution in [3.63, 3.8) is 0 Å². The van der Waals surface area contributed by atoms with Gasteiger partial charge in [0.05, 0.1) is 12.5 Å². The fourth-order valence-corrected chi connectivity index (χ4v) is 2.55. The number of halogens is 1. The molecule has 0 amide bonds. The number of ether oxygens (including phenoxy) is 1. The summed E-state index contributed by atoms with van der Waals surface area (Å²) in [4.78, 5) is 0. The maximum absolute atomic E-state index is 5.95. The van der Waals surface area contributed by atoms with E-state index in [1.165, 1.54) is 0 Å². The second-order valence-corrected chi connectivity index (χ2v) is 5.18. The lowest BCUT2D eigenvalue weighted by Gasteiger charge is -2.06. The second-order valence-electron chi connectivity index (χ2n) is 4.74. The van der Waals surface area contributed by atoms with Crippen molar-refractivity contribution in [1.29, 1.82) is 0 Å². The molecule has 0 radical (unpaired) electrons. The lowest BCUT2D eigenvalue weighted by atomic mass is 10.1. The molecule has 1 heterocycles. The number of rotatable bonds is 2. The number of benzene rings is 2. The number of aryl methyl sites for hydroxylation is 1. The van der Waals surface area contributed by atoms with Gasteiger partial charge in [0.2, 0.25) is 5.69 Å². The molecule has 0 aliphatic carbocycles. The van der Waals surface area contributed by atoms with Gasteiger partial charge in [-0.1, -0.05) is 23.7 Å². The van der Waals surface area contributed by atoms with Crippen molar-refractivity contribution in [2.45, 2.75) is 0 Å². The molecule has 3 rings (SSSR count). The van der Waals surface area contributed by atoms with Crippen molar-refractivity contribution < 1.29 is 9.30 Å². The molecular formula is C17H15ClNO+. The largest absolute Gasteiger partial charge is 0.496 e. The van der Waals surface area contributed by atoms with Crippen LogP contribution >= 0.6 is 11.6 Å². The fraction of sp³-hybridized carbons (Fsp3) is 0.118. The summed E-state index contributed by atoms with van der Waals surface area (Å²) < 4.78 is 7.52. The van der Waals surface area contributed by atoms with E-state index in [9.17, 15) is 0 Å². The van der Waals surface area contributed by atoms with E-state index in [0.717, 1.165) is 32.8 Å². The van der Waals surface area contributed by atoms with E-state index in [2.05, 4.69) is 22.9 Å². The Hall–Kier alpha value is -2.06. The molecule has 3 heteroatoms. The molecule has 0 aliphatic rings. The smallest absolute Gasteiger partial charge is 0.212 e. The van der Waals surface area contributed by atoms with Crippen LogP contribution in [0.3, 0.4) is 0 Å². The van der Waals surface area contributed by atoms with Crippen molar-refractivity contribution in [1.82, 2.24) is 0 Å². The van der Waals surface area contributed by atoms with Crippen LogP contribution in [0.15, 0.2) is 54.7 Å². The van der Waals surface area contributed by atoms with Crippen molar-refractivity contribution in [2.75, 3.05) is 7.11 Å². The Kier molecular flexibility index (Phi) is 3.33. The molecule has 0 atom stereocenters. The minimum atomic E-state index is 0.749. The molecule has 0 saturated heterocycles. The average Bonchev–Trinajstić information content (AvgIpc) is 2.47. The van der Waals surface area contributed by atoms with Crippen molar-refractivity contribution in [3.05, 3.63) is 59.8 Å². The van der Waals surface area contributed by atoms with E-state index >= 15 is 0 Å². The Morgan fingerprint density at radius 1 is 1.05 bits per heavy atom. The normalized spacial score (nSPS) is 10.8. The zero-order valence-corrected chi connectivity index (χ0v) is 12.2. The predicted octanol–water partition coefficient (Wildman–Crippen LogP) is 3.99. The number of methoxy groups -OCH3 is 1. The van der Waals surface area contributed by atoms with E-state index in [-0.39, 0.29) is 0 Å². The monoisotopic (exact) mass is 284 g/mol. The molecule has 0 unspecified atom stereocenters. The lowest BCUT2D eigenvalue weighted by molar-refractivity contribution is -0.659. The highest BCUT2D eigenvalue weighted by Crippen LogP contribution is 2.27. The first-order valence-electron chi connectivity index (χ1n) is 6.41. The predicted molar refractivity (Wildman–Crippen MR) is 82.1 cm³/mol. The maximum atomic E-state index is 5.95. The third-order valence-corrected chi connectivity index (χ3v) is 3.71. The Balaban J connectivity index is 2.22. The van der Waals surface area contributed by atoms with Crippen molar-refractivity contribution in [2.24, 2.45) is 7.05 Å². The molecular weight excluding hydrogens is 270 g/mol. The third-order valence-electron chi connectivity index (χ3n) is 3.45. The van der Waals surface area contributed by atoms with Gasteiger partial charge in [0.1, 0.15) is 12.8 Å². The van der Waals surface area contributed by atoms with Crippen LogP contribution in [0.25, 0.3) is 22.0 Å². The summed E-state index contributed by atoms with van der Waals surface area (Å²) in [5.74, 6) is 0.890. The molecule has 0 aliphatic heterocycles. The number of aromatic nitrogens is 1. The van der Waals surface area contributed by atoms with Gasteiger partial charge in [-0.05, 0) is 35.7 Å². The Morgan fingerprint density at radius 2 is 1.80 bits per heavy atom. The van der Waals surface area contributed by atoms with Crippen LogP contribution in [0.5, 0.6) is 5.75 Å². The van der Waals surface area contributed by atoms with E-state index in [0.29, 0.717) is 0 Å². The standard InChI is InChI=1S/C17H15ClNO/c1-19-11-15-13(4-3-5-17(15)20-2)10-16(19)12-6-8-14(18)9-7-12/h3-11H,1-2H3/q+1. The Labute approximate surface area is 123 Å². The van der Waals surface area contributed by atoms with Crippen LogP contribution < -0.4 is 9.30 Å². The van der Waals surface area contributed by atoms with Crippen LogP contribution in [0.4, 0.5) is 0 Å². The number of nitrogens with zero attached hydrogens (tertiary/aromatic N) is 1. The molecule has 1 aromatic heterocycles. The molecule has 0 saturated carbocycles. The highest BCUT2D eigenvalue weighted by molar-refractivity contribution is 6.30. The van der Waals surface area contributed by atoms with Gasteiger partial charge in [0, 0.05) is 16.7 Å². The van der Waals surface area contributed by atoms with Gasteiger partial charge in [0.15, 0.2) is 6.20 Å². The van der Waals surface area contributed by atoms with Crippen LogP contribution in [-0.2, 0) is 7.05 Å². The highest BCUT2D eigenvalue weighted by Gasteiger charge is 2.13. The second kappa shape index (κ2) is 5.14. The van der Waals surface area contributed by atoms with Crippen molar-refractivity contribution >= 4 is 22.4 Å². The Bertz CT molecular complexity index is 766. The Morgan fingerprint density at radius 3 is 2.50 bits per heavy atom. The molecule has 0 spiro atoms. The van der Waals surface area contributed by atoms with Gasteiger partial charge in [-0.3, -0.25) is 0 Å². The summed E-state index contributed by atoms with van der Waals surface area (Å²) in [7, 11) is 3.73. The van der Waals surface area contributed by atoms with E-state index in [1.807, 2.05) is 43.4 Å². The van der Waals surface area contributed by atoms with Crippen LogP contribution in [0.2, 0.25) is 5.02 Å². The fourth-order valence-electron chi connectivity index (χ4n) is 2.42. The minimum absolute atomic E-state index is 0.749. The molecule has 20 heavy (non-hydrogen) atoms. The topological polar surface area (TPSA) is 13.1 Å². The third kappa shape index (κ3) is 2.23. The number of hydrogen-bond donors (Lipinski definition) is 0. The molecule has 3 aromatic rings. The minimum Gasteiger partial charge on any atom is -0.496 e. The van der Waals surface area contributed by atoms with Gasteiger partial charge < -0.3 is 4.74 Å². The van der Waals surface area contributed by atoms with Gasteiger partial charge in [-0.2, -0.15) is 0 Å². The average molecular weight is 285 g/mol. The maximum Gasteiger partial charge on any atom is 0.212 e. The lowest BCUT2D eigenvalue weighted by Crippen LogP contribution is -2.30. The summed E-state index contributed by atoms with van der Waals surface area (Å²) in [5, 5.41) is 3.02. The van der Waals surface area contributed by atoms with Crippen LogP contribution in [-0.4, -0.2) is 7.11 Å². The molecule has 100 valence electrons. The first-order chi connectivity index (χ1) is 9.69.